The number of piperidine rings is 1. The molecule has 4 N–H and O–H groups in total. The monoisotopic (exact) mass is 376 g/mol. The third-order valence-electron chi connectivity index (χ3n) is 7.94. The zero-order valence-electron chi connectivity index (χ0n) is 16.6. The molecular weight excluding hydrogens is 340 g/mol. The van der Waals surface area contributed by atoms with Gasteiger partial charge in [-0.25, -0.2) is 0 Å². The number of rotatable bonds is 4. The first-order valence-corrected chi connectivity index (χ1v) is 11.4. The molecule has 0 aromatic rings. The smallest absolute Gasteiger partial charge is 0.223 e. The van der Waals surface area contributed by atoms with Crippen LogP contribution in [0.3, 0.4) is 0 Å². The van der Waals surface area contributed by atoms with Gasteiger partial charge in [0.05, 0.1) is 6.17 Å². The molecule has 0 aromatic carbocycles. The lowest BCUT2D eigenvalue weighted by molar-refractivity contribution is -0.127. The number of nitrogens with one attached hydrogen (secondary N) is 4. The summed E-state index contributed by atoms with van der Waals surface area (Å²) in [6.45, 7) is 3.24. The van der Waals surface area contributed by atoms with Gasteiger partial charge in [0, 0.05) is 23.9 Å². The standard InChI is InChI=1S/C21H36N4O2/c1-12-10-16(8-9-22-12)23-20(26)18-7-4-14-11-15(5-6-17(14)18)19-24-21(27-25-19)13-2-3-13/h12-19,21-22,24-25H,2-11H2,1H3,(H,23,26). The molecule has 6 nitrogen and oxygen atoms in total. The van der Waals surface area contributed by atoms with Crippen molar-refractivity contribution in [1.29, 1.82) is 0 Å². The van der Waals surface area contributed by atoms with Crippen molar-refractivity contribution in [1.82, 2.24) is 21.4 Å². The fraction of sp³-hybridized carbons (Fsp3) is 0.952. The number of hydroxylamine groups is 1. The lowest BCUT2D eigenvalue weighted by Crippen LogP contribution is -2.49. The van der Waals surface area contributed by atoms with E-state index >= 15 is 0 Å². The normalized spacial score (nSPS) is 47.6. The third-order valence-corrected chi connectivity index (χ3v) is 7.94. The van der Waals surface area contributed by atoms with Crippen molar-refractivity contribution in [3.05, 3.63) is 0 Å². The summed E-state index contributed by atoms with van der Waals surface area (Å²) in [6, 6.07) is 0.886. The Kier molecular flexibility index (Phi) is 5.18. The summed E-state index contributed by atoms with van der Waals surface area (Å²) in [6.07, 6.45) is 11.2. The first-order chi connectivity index (χ1) is 13.2. The van der Waals surface area contributed by atoms with Crippen molar-refractivity contribution in [3.63, 3.8) is 0 Å². The Morgan fingerprint density at radius 1 is 0.963 bits per heavy atom. The van der Waals surface area contributed by atoms with Gasteiger partial charge in [0.1, 0.15) is 6.23 Å². The first-order valence-electron chi connectivity index (χ1n) is 11.4. The van der Waals surface area contributed by atoms with E-state index in [-0.39, 0.29) is 12.1 Å². The minimum Gasteiger partial charge on any atom is -0.353 e. The summed E-state index contributed by atoms with van der Waals surface area (Å²) in [5.74, 6) is 3.27. The Hall–Kier alpha value is -0.690. The molecule has 27 heavy (non-hydrogen) atoms. The van der Waals surface area contributed by atoms with E-state index in [1.807, 2.05) is 0 Å². The van der Waals surface area contributed by atoms with E-state index in [0.717, 1.165) is 37.6 Å². The fourth-order valence-electron chi connectivity index (χ4n) is 6.25. The second-order valence-corrected chi connectivity index (χ2v) is 9.90. The maximum Gasteiger partial charge on any atom is 0.223 e. The van der Waals surface area contributed by atoms with Crippen molar-refractivity contribution >= 4 is 5.91 Å². The number of hydrogen-bond acceptors (Lipinski definition) is 5. The summed E-state index contributed by atoms with van der Waals surface area (Å²) < 4.78 is 0. The highest BCUT2D eigenvalue weighted by atomic mass is 16.7. The molecule has 5 aliphatic rings. The van der Waals surface area contributed by atoms with Gasteiger partial charge in [0.2, 0.25) is 5.91 Å². The molecule has 0 spiro atoms. The number of carbonyl (C=O) groups is 1. The Morgan fingerprint density at radius 2 is 1.78 bits per heavy atom. The third kappa shape index (κ3) is 3.91. The molecule has 5 fully saturated rings. The predicted octanol–water partition coefficient (Wildman–Crippen LogP) is 1.87. The average molecular weight is 377 g/mol. The van der Waals surface area contributed by atoms with Crippen LogP contribution in [0.25, 0.3) is 0 Å². The van der Waals surface area contributed by atoms with Crippen LogP contribution in [-0.4, -0.2) is 36.9 Å². The van der Waals surface area contributed by atoms with Gasteiger partial charge in [-0.2, -0.15) is 5.48 Å². The van der Waals surface area contributed by atoms with Crippen LogP contribution in [0.5, 0.6) is 0 Å². The molecule has 5 rings (SSSR count). The number of carbonyl (C=O) groups excluding carboxylic acids is 1. The molecule has 0 bridgehead atoms. The second-order valence-electron chi connectivity index (χ2n) is 9.90. The molecule has 1 amide bonds. The highest BCUT2D eigenvalue weighted by molar-refractivity contribution is 5.79. The van der Waals surface area contributed by atoms with E-state index in [0.29, 0.717) is 36.0 Å². The Bertz CT molecular complexity index is 554. The first kappa shape index (κ1) is 18.3. The summed E-state index contributed by atoms with van der Waals surface area (Å²) in [5, 5.41) is 10.5. The largest absolute Gasteiger partial charge is 0.353 e. The van der Waals surface area contributed by atoms with Crippen LogP contribution in [0.2, 0.25) is 0 Å². The van der Waals surface area contributed by atoms with Crippen LogP contribution >= 0.6 is 0 Å². The quantitative estimate of drug-likeness (QED) is 0.603. The van der Waals surface area contributed by atoms with Crippen LogP contribution in [0.15, 0.2) is 0 Å². The SMILES string of the molecule is CC1CC(NC(=O)C2CCC3CC(C4NOC(C5CC5)N4)CCC32)CCN1. The van der Waals surface area contributed by atoms with Crippen LogP contribution in [-0.2, 0) is 9.63 Å². The molecule has 0 radical (unpaired) electrons. The van der Waals surface area contributed by atoms with E-state index in [2.05, 4.69) is 28.4 Å². The predicted molar refractivity (Wildman–Crippen MR) is 103 cm³/mol. The lowest BCUT2D eigenvalue weighted by Gasteiger charge is -2.37. The molecule has 8 atom stereocenters. The average Bonchev–Trinajstić information content (AvgIpc) is 3.24. The van der Waals surface area contributed by atoms with E-state index in [1.165, 1.54) is 38.5 Å². The van der Waals surface area contributed by atoms with Gasteiger partial charge >= 0.3 is 0 Å². The molecule has 6 heteroatoms. The van der Waals surface area contributed by atoms with Crippen LogP contribution in [0.4, 0.5) is 0 Å². The van der Waals surface area contributed by atoms with Crippen molar-refractivity contribution in [2.24, 2.45) is 29.6 Å². The maximum absolute atomic E-state index is 13.0. The molecule has 152 valence electrons. The van der Waals surface area contributed by atoms with E-state index < -0.39 is 0 Å². The van der Waals surface area contributed by atoms with Crippen molar-refractivity contribution < 1.29 is 9.63 Å². The summed E-state index contributed by atoms with van der Waals surface area (Å²) in [5.41, 5.74) is 3.27. The molecule has 2 saturated heterocycles. The van der Waals surface area contributed by atoms with Crippen molar-refractivity contribution in [2.45, 2.75) is 89.2 Å². The number of amides is 1. The van der Waals surface area contributed by atoms with Gasteiger partial charge in [-0.15, -0.1) is 0 Å². The van der Waals surface area contributed by atoms with Gasteiger partial charge in [-0.3, -0.25) is 14.9 Å². The minimum atomic E-state index is 0.224. The summed E-state index contributed by atoms with van der Waals surface area (Å²) in [7, 11) is 0. The highest BCUT2D eigenvalue weighted by Crippen LogP contribution is 2.48. The topological polar surface area (TPSA) is 74.4 Å². The van der Waals surface area contributed by atoms with Gasteiger partial charge < -0.3 is 10.6 Å². The molecule has 3 aliphatic carbocycles. The summed E-state index contributed by atoms with van der Waals surface area (Å²) in [4.78, 5) is 18.7. The van der Waals surface area contributed by atoms with Gasteiger partial charge in [-0.05, 0) is 89.0 Å². The maximum atomic E-state index is 13.0. The number of hydrogen-bond donors (Lipinski definition) is 4. The minimum absolute atomic E-state index is 0.224. The fourth-order valence-corrected chi connectivity index (χ4v) is 6.25. The van der Waals surface area contributed by atoms with Gasteiger partial charge in [-0.1, -0.05) is 0 Å². The van der Waals surface area contributed by atoms with Gasteiger partial charge in [0.25, 0.3) is 0 Å². The Balaban J connectivity index is 1.13. The number of fused-ring (bicyclic) bond motifs is 1. The van der Waals surface area contributed by atoms with E-state index in [9.17, 15) is 4.79 Å². The Morgan fingerprint density at radius 3 is 2.59 bits per heavy atom. The lowest BCUT2D eigenvalue weighted by atomic mass is 9.72. The molecule has 0 aromatic heterocycles. The highest BCUT2D eigenvalue weighted by Gasteiger charge is 2.47. The van der Waals surface area contributed by atoms with Gasteiger partial charge in [0.15, 0.2) is 0 Å². The zero-order valence-corrected chi connectivity index (χ0v) is 16.6. The molecule has 8 unspecified atom stereocenters. The van der Waals surface area contributed by atoms with Crippen molar-refractivity contribution in [2.75, 3.05) is 6.54 Å². The van der Waals surface area contributed by atoms with Crippen LogP contribution in [0.1, 0.15) is 64.7 Å². The van der Waals surface area contributed by atoms with Crippen LogP contribution < -0.4 is 21.4 Å². The molecule has 2 aliphatic heterocycles. The van der Waals surface area contributed by atoms with E-state index in [1.54, 1.807) is 0 Å². The van der Waals surface area contributed by atoms with E-state index in [4.69, 9.17) is 4.84 Å². The van der Waals surface area contributed by atoms with Crippen molar-refractivity contribution in [3.8, 4) is 0 Å². The summed E-state index contributed by atoms with van der Waals surface area (Å²) >= 11 is 0. The molecule has 3 saturated carbocycles. The zero-order chi connectivity index (χ0) is 18.4. The second kappa shape index (κ2) is 7.62. The van der Waals surface area contributed by atoms with Crippen LogP contribution in [0, 0.1) is 29.6 Å². The Labute approximate surface area is 162 Å². The molecular formula is C21H36N4O2. The molecule has 2 heterocycles.